The van der Waals surface area contributed by atoms with Gasteiger partial charge >= 0.3 is 0 Å². The van der Waals surface area contributed by atoms with E-state index in [2.05, 4.69) is 27.2 Å². The molecule has 0 aliphatic carbocycles. The van der Waals surface area contributed by atoms with Crippen LogP contribution in [-0.4, -0.2) is 35.8 Å². The van der Waals surface area contributed by atoms with Gasteiger partial charge in [0.25, 0.3) is 0 Å². The minimum Gasteiger partial charge on any atom is -0.507 e. The molecule has 0 fully saturated rings. The van der Waals surface area contributed by atoms with E-state index in [1.807, 2.05) is 6.07 Å². The van der Waals surface area contributed by atoms with Gasteiger partial charge in [-0.15, -0.1) is 15.3 Å². The molecule has 0 aliphatic heterocycles. The van der Waals surface area contributed by atoms with E-state index in [4.69, 9.17) is 5.73 Å². The predicted molar refractivity (Wildman–Crippen MR) is 87.4 cm³/mol. The molecule has 0 spiro atoms. The lowest BCUT2D eigenvalue weighted by Gasteiger charge is -1.97. The van der Waals surface area contributed by atoms with Crippen LogP contribution in [-0.2, 0) is 0 Å². The molecule has 0 radical (unpaired) electrons. The van der Waals surface area contributed by atoms with Gasteiger partial charge in [0, 0.05) is 5.75 Å². The van der Waals surface area contributed by atoms with E-state index >= 15 is 0 Å². The van der Waals surface area contributed by atoms with E-state index in [0.717, 1.165) is 12.2 Å². The highest BCUT2D eigenvalue weighted by molar-refractivity contribution is 7.99. The van der Waals surface area contributed by atoms with Crippen molar-refractivity contribution in [2.75, 3.05) is 11.5 Å². The van der Waals surface area contributed by atoms with Gasteiger partial charge in [0.15, 0.2) is 5.01 Å². The Labute approximate surface area is 135 Å². The highest BCUT2D eigenvalue weighted by Gasteiger charge is 2.15. The highest BCUT2D eigenvalue weighted by Crippen LogP contribution is 2.32. The van der Waals surface area contributed by atoms with Crippen molar-refractivity contribution < 1.29 is 5.11 Å². The van der Waals surface area contributed by atoms with Crippen molar-refractivity contribution in [3.05, 3.63) is 24.3 Å². The topological polar surface area (TPSA) is 103 Å². The average molecular weight is 334 g/mol. The van der Waals surface area contributed by atoms with Crippen LogP contribution in [0.1, 0.15) is 13.3 Å². The van der Waals surface area contributed by atoms with Crippen molar-refractivity contribution in [1.82, 2.24) is 25.0 Å². The van der Waals surface area contributed by atoms with Crippen LogP contribution in [0, 0.1) is 0 Å². The Hall–Kier alpha value is -2.13. The third kappa shape index (κ3) is 2.90. The maximum Gasteiger partial charge on any atom is 0.236 e. The molecule has 0 aliphatic rings. The molecule has 3 N–H and O–H groups in total. The second kappa shape index (κ2) is 6.32. The van der Waals surface area contributed by atoms with Gasteiger partial charge < -0.3 is 10.8 Å². The molecule has 7 nitrogen and oxygen atoms in total. The zero-order valence-electron chi connectivity index (χ0n) is 11.8. The van der Waals surface area contributed by atoms with Gasteiger partial charge in [0.2, 0.25) is 16.2 Å². The monoisotopic (exact) mass is 334 g/mol. The van der Waals surface area contributed by atoms with Gasteiger partial charge in [0.05, 0.1) is 5.56 Å². The van der Waals surface area contributed by atoms with Crippen molar-refractivity contribution >= 4 is 29.0 Å². The number of hydrogen-bond acceptors (Lipinski definition) is 8. The third-order valence-electron chi connectivity index (χ3n) is 2.78. The summed E-state index contributed by atoms with van der Waals surface area (Å²) in [7, 11) is 0. The number of aromatic nitrogens is 5. The summed E-state index contributed by atoms with van der Waals surface area (Å²) in [6.07, 6.45) is 1.04. The van der Waals surface area contributed by atoms with Crippen LogP contribution in [0.15, 0.2) is 29.4 Å². The molecule has 0 bridgehead atoms. The van der Waals surface area contributed by atoms with Crippen molar-refractivity contribution in [1.29, 1.82) is 0 Å². The van der Waals surface area contributed by atoms with Gasteiger partial charge in [-0.05, 0) is 18.6 Å². The van der Waals surface area contributed by atoms with E-state index < -0.39 is 0 Å². The number of phenolic OH excluding ortho intramolecular Hbond substituents is 1. The summed E-state index contributed by atoms with van der Waals surface area (Å²) < 4.78 is 1.47. The smallest absolute Gasteiger partial charge is 0.236 e. The summed E-state index contributed by atoms with van der Waals surface area (Å²) >= 11 is 2.84. The first-order chi connectivity index (χ1) is 10.7. The van der Waals surface area contributed by atoms with Crippen LogP contribution >= 0.6 is 23.1 Å². The second-order valence-electron chi connectivity index (χ2n) is 4.42. The Kier molecular flexibility index (Phi) is 4.25. The van der Waals surface area contributed by atoms with E-state index in [-0.39, 0.29) is 11.7 Å². The van der Waals surface area contributed by atoms with Gasteiger partial charge in [0.1, 0.15) is 5.75 Å². The largest absolute Gasteiger partial charge is 0.507 e. The maximum absolute atomic E-state index is 9.88. The Bertz CT molecular complexity index is 784. The van der Waals surface area contributed by atoms with E-state index in [1.54, 1.807) is 30.0 Å². The van der Waals surface area contributed by atoms with Crippen LogP contribution in [0.4, 0.5) is 5.95 Å². The summed E-state index contributed by atoms with van der Waals surface area (Å²) in [5.41, 5.74) is 6.52. The SMILES string of the molecule is CCCSc1nc(N)n(-c2nnc(-c3ccccc3O)s2)n1. The fraction of sp³-hybridized carbons (Fsp3) is 0.231. The van der Waals surface area contributed by atoms with E-state index in [9.17, 15) is 5.11 Å². The first-order valence-corrected chi connectivity index (χ1v) is 8.47. The quantitative estimate of drug-likeness (QED) is 0.691. The van der Waals surface area contributed by atoms with Crippen LogP contribution in [0.2, 0.25) is 0 Å². The standard InChI is InChI=1S/C13H14N6OS2/c1-2-7-21-12-15-11(14)19(18-12)13-17-16-10(22-13)8-5-3-4-6-9(8)20/h3-6,20H,2,7H2,1H3,(H2,14,15,18). The van der Waals surface area contributed by atoms with Crippen molar-refractivity contribution in [3.8, 4) is 21.5 Å². The molecule has 3 rings (SSSR count). The predicted octanol–water partition coefficient (Wildman–Crippen LogP) is 2.58. The fourth-order valence-electron chi connectivity index (χ4n) is 1.76. The molecule has 0 atom stereocenters. The average Bonchev–Trinajstić information content (AvgIpc) is 3.12. The molecule has 2 heterocycles. The molecule has 114 valence electrons. The Morgan fingerprint density at radius 3 is 2.91 bits per heavy atom. The zero-order chi connectivity index (χ0) is 15.5. The Balaban J connectivity index is 1.91. The number of benzene rings is 1. The van der Waals surface area contributed by atoms with Crippen molar-refractivity contribution in [2.24, 2.45) is 0 Å². The number of anilines is 1. The molecule has 1 aromatic carbocycles. The maximum atomic E-state index is 9.88. The number of hydrogen-bond donors (Lipinski definition) is 2. The number of nitrogens with zero attached hydrogens (tertiary/aromatic N) is 5. The first kappa shape index (κ1) is 14.8. The van der Waals surface area contributed by atoms with Gasteiger partial charge in [-0.25, -0.2) is 0 Å². The van der Waals surface area contributed by atoms with Crippen LogP contribution in [0.3, 0.4) is 0 Å². The molecule has 0 saturated carbocycles. The second-order valence-corrected chi connectivity index (χ2v) is 6.44. The molecule has 9 heteroatoms. The lowest BCUT2D eigenvalue weighted by atomic mass is 10.2. The number of thioether (sulfide) groups is 1. The molecule has 0 saturated heterocycles. The summed E-state index contributed by atoms with van der Waals surface area (Å²) in [5.74, 6) is 1.37. The normalized spacial score (nSPS) is 11.0. The van der Waals surface area contributed by atoms with Crippen molar-refractivity contribution in [2.45, 2.75) is 18.5 Å². The Morgan fingerprint density at radius 2 is 2.14 bits per heavy atom. The molecule has 2 aromatic heterocycles. The molecule has 0 amide bonds. The number of nitrogens with two attached hydrogens (primary N) is 1. The fourth-order valence-corrected chi connectivity index (χ4v) is 3.29. The number of para-hydroxylation sites is 1. The molecule has 0 unspecified atom stereocenters. The molecular weight excluding hydrogens is 320 g/mol. The third-order valence-corrected chi connectivity index (χ3v) is 4.75. The first-order valence-electron chi connectivity index (χ1n) is 6.66. The van der Waals surface area contributed by atoms with Crippen LogP contribution in [0.5, 0.6) is 5.75 Å². The van der Waals surface area contributed by atoms with E-state index in [0.29, 0.717) is 20.9 Å². The highest BCUT2D eigenvalue weighted by atomic mass is 32.2. The van der Waals surface area contributed by atoms with Gasteiger partial charge in [-0.3, -0.25) is 0 Å². The van der Waals surface area contributed by atoms with Gasteiger partial charge in [-0.2, -0.15) is 9.67 Å². The number of rotatable bonds is 5. The summed E-state index contributed by atoms with van der Waals surface area (Å²) in [6, 6.07) is 6.99. The van der Waals surface area contributed by atoms with Gasteiger partial charge in [-0.1, -0.05) is 42.2 Å². The Morgan fingerprint density at radius 1 is 1.32 bits per heavy atom. The number of nitrogen functional groups attached to an aromatic ring is 1. The van der Waals surface area contributed by atoms with Crippen LogP contribution in [0.25, 0.3) is 15.7 Å². The summed E-state index contributed by atoms with van der Waals surface area (Å²) in [5, 5.41) is 24.1. The lowest BCUT2D eigenvalue weighted by molar-refractivity contribution is 0.477. The summed E-state index contributed by atoms with van der Waals surface area (Å²) in [6.45, 7) is 2.09. The van der Waals surface area contributed by atoms with Crippen LogP contribution < -0.4 is 5.73 Å². The van der Waals surface area contributed by atoms with Crippen molar-refractivity contribution in [3.63, 3.8) is 0 Å². The molecular formula is C13H14N6OS2. The molecule has 22 heavy (non-hydrogen) atoms. The molecule has 3 aromatic rings. The lowest BCUT2D eigenvalue weighted by Crippen LogP contribution is -2.01. The van der Waals surface area contributed by atoms with E-state index in [1.165, 1.54) is 16.0 Å². The zero-order valence-corrected chi connectivity index (χ0v) is 13.4. The number of aromatic hydroxyl groups is 1. The summed E-state index contributed by atoms with van der Waals surface area (Å²) in [4.78, 5) is 4.21. The minimum absolute atomic E-state index is 0.163. The minimum atomic E-state index is 0.163. The number of phenols is 1.